The Morgan fingerprint density at radius 3 is 2.53 bits per heavy atom. The van der Waals surface area contributed by atoms with Gasteiger partial charge in [-0.3, -0.25) is 4.79 Å². The standard InChI is InChI=1S/C11H15BrN2O/c1-13-7-8-14(2)11(15)9-3-5-10(12)6-4-9/h3-6,13H,7-8H2,1-2H3. The number of carbonyl (C=O) groups excluding carboxylic acids is 1. The number of nitrogens with zero attached hydrogens (tertiary/aromatic N) is 1. The highest BCUT2D eigenvalue weighted by Crippen LogP contribution is 2.11. The maximum absolute atomic E-state index is 11.8. The molecule has 0 atom stereocenters. The van der Waals surface area contributed by atoms with Crippen molar-refractivity contribution in [2.75, 3.05) is 27.2 Å². The van der Waals surface area contributed by atoms with E-state index in [9.17, 15) is 4.79 Å². The summed E-state index contributed by atoms with van der Waals surface area (Å²) in [5, 5.41) is 3.01. The van der Waals surface area contributed by atoms with Gasteiger partial charge in [0.2, 0.25) is 0 Å². The molecule has 0 saturated heterocycles. The smallest absolute Gasteiger partial charge is 0.253 e. The van der Waals surface area contributed by atoms with Gasteiger partial charge in [-0.05, 0) is 31.3 Å². The van der Waals surface area contributed by atoms with Crippen molar-refractivity contribution in [2.24, 2.45) is 0 Å². The number of hydrogen-bond acceptors (Lipinski definition) is 2. The van der Waals surface area contributed by atoms with Crippen molar-refractivity contribution in [3.63, 3.8) is 0 Å². The van der Waals surface area contributed by atoms with Crippen molar-refractivity contribution >= 4 is 21.8 Å². The average molecular weight is 271 g/mol. The fourth-order valence-electron chi connectivity index (χ4n) is 1.19. The number of likely N-dealkylation sites (N-methyl/N-ethyl adjacent to an activating group) is 2. The molecule has 0 aliphatic heterocycles. The quantitative estimate of drug-likeness (QED) is 0.904. The number of hydrogen-bond donors (Lipinski definition) is 1. The van der Waals surface area contributed by atoms with Crippen LogP contribution in [0.3, 0.4) is 0 Å². The SMILES string of the molecule is CNCCN(C)C(=O)c1ccc(Br)cc1. The molecule has 0 bridgehead atoms. The molecule has 1 aromatic rings. The number of rotatable bonds is 4. The average Bonchev–Trinajstić information content (AvgIpc) is 2.26. The van der Waals surface area contributed by atoms with Crippen LogP contribution < -0.4 is 5.32 Å². The third kappa shape index (κ3) is 3.64. The Morgan fingerprint density at radius 1 is 1.40 bits per heavy atom. The lowest BCUT2D eigenvalue weighted by Gasteiger charge is -2.16. The predicted molar refractivity (Wildman–Crippen MR) is 65.0 cm³/mol. The molecule has 82 valence electrons. The second-order valence-corrected chi connectivity index (χ2v) is 4.25. The maximum Gasteiger partial charge on any atom is 0.253 e. The molecule has 0 saturated carbocycles. The van der Waals surface area contributed by atoms with Crippen LogP contribution in [-0.2, 0) is 0 Å². The van der Waals surface area contributed by atoms with Gasteiger partial charge in [0.25, 0.3) is 5.91 Å². The van der Waals surface area contributed by atoms with Crippen LogP contribution in [-0.4, -0.2) is 38.0 Å². The molecule has 1 aromatic carbocycles. The van der Waals surface area contributed by atoms with Gasteiger partial charge in [0, 0.05) is 30.2 Å². The first-order valence-corrected chi connectivity index (χ1v) is 5.60. The summed E-state index contributed by atoms with van der Waals surface area (Å²) in [6.07, 6.45) is 0. The molecule has 0 aliphatic carbocycles. The summed E-state index contributed by atoms with van der Waals surface area (Å²) >= 11 is 3.34. The highest BCUT2D eigenvalue weighted by Gasteiger charge is 2.10. The molecule has 4 heteroatoms. The Hall–Kier alpha value is -0.870. The van der Waals surface area contributed by atoms with E-state index in [1.54, 1.807) is 4.90 Å². The zero-order valence-corrected chi connectivity index (χ0v) is 10.5. The summed E-state index contributed by atoms with van der Waals surface area (Å²) in [7, 11) is 3.68. The lowest BCUT2D eigenvalue weighted by atomic mass is 10.2. The van der Waals surface area contributed by atoms with E-state index in [4.69, 9.17) is 0 Å². The van der Waals surface area contributed by atoms with Crippen LogP contribution >= 0.6 is 15.9 Å². The van der Waals surface area contributed by atoms with Gasteiger partial charge < -0.3 is 10.2 Å². The zero-order chi connectivity index (χ0) is 11.3. The molecule has 1 N–H and O–H groups in total. The maximum atomic E-state index is 11.8. The molecular formula is C11H15BrN2O. The lowest BCUT2D eigenvalue weighted by Crippen LogP contribution is -2.32. The molecular weight excluding hydrogens is 256 g/mol. The number of nitrogens with one attached hydrogen (secondary N) is 1. The summed E-state index contributed by atoms with van der Waals surface area (Å²) in [6.45, 7) is 1.52. The van der Waals surface area contributed by atoms with Gasteiger partial charge in [-0.15, -0.1) is 0 Å². The number of benzene rings is 1. The largest absolute Gasteiger partial charge is 0.340 e. The number of carbonyl (C=O) groups is 1. The van der Waals surface area contributed by atoms with E-state index in [1.165, 1.54) is 0 Å². The molecule has 15 heavy (non-hydrogen) atoms. The van der Waals surface area contributed by atoms with Gasteiger partial charge >= 0.3 is 0 Å². The van der Waals surface area contributed by atoms with Gasteiger partial charge in [0.1, 0.15) is 0 Å². The van der Waals surface area contributed by atoms with E-state index in [1.807, 2.05) is 38.4 Å². The van der Waals surface area contributed by atoms with Crippen LogP contribution in [0.15, 0.2) is 28.7 Å². The molecule has 0 spiro atoms. The summed E-state index contributed by atoms with van der Waals surface area (Å²) in [5.74, 6) is 0.0535. The van der Waals surface area contributed by atoms with Gasteiger partial charge in [-0.2, -0.15) is 0 Å². The second-order valence-electron chi connectivity index (χ2n) is 3.34. The Morgan fingerprint density at radius 2 is 2.00 bits per heavy atom. The predicted octanol–water partition coefficient (Wildman–Crippen LogP) is 1.74. The molecule has 0 aromatic heterocycles. The molecule has 3 nitrogen and oxygen atoms in total. The van der Waals surface area contributed by atoms with Crippen LogP contribution in [0.4, 0.5) is 0 Å². The van der Waals surface area contributed by atoms with Crippen LogP contribution in [0.25, 0.3) is 0 Å². The molecule has 0 fully saturated rings. The topological polar surface area (TPSA) is 32.3 Å². The van der Waals surface area contributed by atoms with Gasteiger partial charge in [-0.1, -0.05) is 15.9 Å². The molecule has 0 heterocycles. The van der Waals surface area contributed by atoms with Crippen LogP contribution in [0, 0.1) is 0 Å². The van der Waals surface area contributed by atoms with Crippen molar-refractivity contribution in [3.8, 4) is 0 Å². The second kappa shape index (κ2) is 5.88. The Balaban J connectivity index is 2.63. The van der Waals surface area contributed by atoms with Gasteiger partial charge in [0.15, 0.2) is 0 Å². The first-order chi connectivity index (χ1) is 7.15. The van der Waals surface area contributed by atoms with E-state index in [0.717, 1.165) is 16.6 Å². The van der Waals surface area contributed by atoms with E-state index >= 15 is 0 Å². The highest BCUT2D eigenvalue weighted by atomic mass is 79.9. The first kappa shape index (κ1) is 12.2. The normalized spacial score (nSPS) is 10.1. The molecule has 0 unspecified atom stereocenters. The number of halogens is 1. The Labute approximate surface area is 98.6 Å². The van der Waals surface area contributed by atoms with Crippen LogP contribution in [0.1, 0.15) is 10.4 Å². The minimum Gasteiger partial charge on any atom is -0.340 e. The van der Waals surface area contributed by atoms with Gasteiger partial charge in [0.05, 0.1) is 0 Å². The third-order valence-corrected chi connectivity index (χ3v) is 2.66. The molecule has 1 rings (SSSR count). The van der Waals surface area contributed by atoms with Crippen molar-refractivity contribution < 1.29 is 4.79 Å². The van der Waals surface area contributed by atoms with E-state index in [0.29, 0.717) is 6.54 Å². The fourth-order valence-corrected chi connectivity index (χ4v) is 1.46. The minimum atomic E-state index is 0.0535. The van der Waals surface area contributed by atoms with Crippen LogP contribution in [0.2, 0.25) is 0 Å². The zero-order valence-electron chi connectivity index (χ0n) is 8.96. The van der Waals surface area contributed by atoms with Crippen LogP contribution in [0.5, 0.6) is 0 Å². The summed E-state index contributed by atoms with van der Waals surface area (Å²) < 4.78 is 0.983. The molecule has 0 radical (unpaired) electrons. The molecule has 0 aliphatic rings. The van der Waals surface area contributed by atoms with E-state index in [-0.39, 0.29) is 5.91 Å². The van der Waals surface area contributed by atoms with E-state index in [2.05, 4.69) is 21.2 Å². The summed E-state index contributed by atoms with van der Waals surface area (Å²) in [6, 6.07) is 7.39. The Bertz CT molecular complexity index is 324. The van der Waals surface area contributed by atoms with Gasteiger partial charge in [-0.25, -0.2) is 0 Å². The number of amides is 1. The fraction of sp³-hybridized carbons (Fsp3) is 0.364. The third-order valence-electron chi connectivity index (χ3n) is 2.14. The van der Waals surface area contributed by atoms with Crippen molar-refractivity contribution in [3.05, 3.63) is 34.3 Å². The first-order valence-electron chi connectivity index (χ1n) is 4.81. The van der Waals surface area contributed by atoms with Crippen molar-refractivity contribution in [1.82, 2.24) is 10.2 Å². The lowest BCUT2D eigenvalue weighted by molar-refractivity contribution is 0.0797. The highest BCUT2D eigenvalue weighted by molar-refractivity contribution is 9.10. The summed E-state index contributed by atoms with van der Waals surface area (Å²) in [5.41, 5.74) is 0.719. The van der Waals surface area contributed by atoms with Crippen molar-refractivity contribution in [1.29, 1.82) is 0 Å². The Kier molecular flexibility index (Phi) is 4.78. The molecule has 1 amide bonds. The van der Waals surface area contributed by atoms with Crippen molar-refractivity contribution in [2.45, 2.75) is 0 Å². The summed E-state index contributed by atoms with van der Waals surface area (Å²) in [4.78, 5) is 13.6. The monoisotopic (exact) mass is 270 g/mol. The van der Waals surface area contributed by atoms with E-state index < -0.39 is 0 Å². The minimum absolute atomic E-state index is 0.0535.